The number of halogens is 1. The molecular weight excluding hydrogens is 519 g/mol. The summed E-state index contributed by atoms with van der Waals surface area (Å²) in [6, 6.07) is 11.9. The molecule has 11 heteroatoms. The van der Waals surface area contributed by atoms with Crippen LogP contribution in [0.4, 0.5) is 4.39 Å². The summed E-state index contributed by atoms with van der Waals surface area (Å²) in [6.07, 6.45) is 1.16. The summed E-state index contributed by atoms with van der Waals surface area (Å²) in [5, 5.41) is 26.2. The molecule has 7 N–H and O–H groups in total. The number of nitrogens with two attached hydrogens (primary N) is 1. The van der Waals surface area contributed by atoms with Crippen molar-refractivity contribution in [1.82, 2.24) is 16.0 Å². The maximum atomic E-state index is 14.4. The Labute approximate surface area is 232 Å². The van der Waals surface area contributed by atoms with Gasteiger partial charge in [-0.2, -0.15) is 0 Å². The van der Waals surface area contributed by atoms with Gasteiger partial charge in [-0.3, -0.25) is 14.4 Å². The smallest absolute Gasteiger partial charge is 0.326 e. The summed E-state index contributed by atoms with van der Waals surface area (Å²) in [6.45, 7) is 3.19. The van der Waals surface area contributed by atoms with Gasteiger partial charge in [-0.25, -0.2) is 9.18 Å². The molecule has 0 aliphatic heterocycles. The van der Waals surface area contributed by atoms with Crippen LogP contribution in [-0.4, -0.2) is 58.6 Å². The Kier molecular flexibility index (Phi) is 12.8. The number of carbonyl (C=O) groups excluding carboxylic acids is 3. The van der Waals surface area contributed by atoms with Gasteiger partial charge in [-0.05, 0) is 48.1 Å². The van der Waals surface area contributed by atoms with Crippen LogP contribution in [0.1, 0.15) is 37.8 Å². The maximum Gasteiger partial charge on any atom is 0.326 e. The summed E-state index contributed by atoms with van der Waals surface area (Å²) in [5.74, 6) is -3.74. The van der Waals surface area contributed by atoms with Crippen molar-refractivity contribution in [2.24, 2.45) is 11.7 Å². The van der Waals surface area contributed by atoms with Crippen LogP contribution >= 0.6 is 0 Å². The van der Waals surface area contributed by atoms with Gasteiger partial charge in [-0.15, -0.1) is 0 Å². The number of carboxylic acids is 1. The first-order chi connectivity index (χ1) is 18.9. The molecule has 0 saturated heterocycles. The lowest BCUT2D eigenvalue weighted by Gasteiger charge is -2.22. The van der Waals surface area contributed by atoms with Gasteiger partial charge in [0.25, 0.3) is 0 Å². The van der Waals surface area contributed by atoms with E-state index in [2.05, 4.69) is 16.0 Å². The first kappa shape index (κ1) is 32.0. The SMILES string of the molecule is CC(C)C[C@H](NC(=O)[C@H](Cc1ccccc1)NC(=O)CNC(=O)C/C=C(\F)[C@@H](N)Cc1ccc(O)cc1)C(=O)O. The number of rotatable bonds is 15. The molecule has 0 aliphatic rings. The fraction of sp³-hybridized carbons (Fsp3) is 0.379. The van der Waals surface area contributed by atoms with Gasteiger partial charge in [0, 0.05) is 12.8 Å². The topological polar surface area (TPSA) is 171 Å². The van der Waals surface area contributed by atoms with E-state index in [1.807, 2.05) is 13.8 Å². The molecule has 2 aromatic rings. The van der Waals surface area contributed by atoms with Gasteiger partial charge in [0.1, 0.15) is 23.7 Å². The lowest BCUT2D eigenvalue weighted by Crippen LogP contribution is -2.54. The Morgan fingerprint density at radius 3 is 2.12 bits per heavy atom. The van der Waals surface area contributed by atoms with E-state index in [1.165, 1.54) is 12.1 Å². The minimum atomic E-state index is -1.18. The van der Waals surface area contributed by atoms with Crippen molar-refractivity contribution in [2.75, 3.05) is 6.54 Å². The molecule has 0 bridgehead atoms. The minimum Gasteiger partial charge on any atom is -0.508 e. The highest BCUT2D eigenvalue weighted by molar-refractivity contribution is 5.92. The van der Waals surface area contributed by atoms with E-state index in [4.69, 9.17) is 5.73 Å². The van der Waals surface area contributed by atoms with Crippen LogP contribution in [0.5, 0.6) is 5.75 Å². The van der Waals surface area contributed by atoms with Crippen LogP contribution in [0.15, 0.2) is 66.5 Å². The second-order valence-electron chi connectivity index (χ2n) is 9.89. The molecule has 10 nitrogen and oxygen atoms in total. The number of nitrogens with one attached hydrogen (secondary N) is 3. The number of carboxylic acid groups (broad SMARTS) is 1. The molecule has 0 fully saturated rings. The molecule has 0 aliphatic carbocycles. The van der Waals surface area contributed by atoms with Crippen LogP contribution < -0.4 is 21.7 Å². The number of phenols is 1. The summed E-state index contributed by atoms with van der Waals surface area (Å²) in [4.78, 5) is 49.3. The Hall–Kier alpha value is -4.25. The average Bonchev–Trinajstić information content (AvgIpc) is 2.91. The predicted molar refractivity (Wildman–Crippen MR) is 148 cm³/mol. The van der Waals surface area contributed by atoms with E-state index in [0.717, 1.165) is 11.6 Å². The van der Waals surface area contributed by atoms with Crippen LogP contribution in [0.3, 0.4) is 0 Å². The number of hydrogen-bond donors (Lipinski definition) is 6. The normalized spacial score (nSPS) is 13.7. The molecule has 0 unspecified atom stereocenters. The van der Waals surface area contributed by atoms with Crippen molar-refractivity contribution in [2.45, 2.75) is 57.7 Å². The largest absolute Gasteiger partial charge is 0.508 e. The Balaban J connectivity index is 1.93. The third kappa shape index (κ3) is 11.6. The standard InChI is InChI=1S/C29H37FN4O6/c1-18(2)14-25(29(39)40)34-28(38)24(16-19-6-4-3-5-7-19)33-27(37)17-32-26(36)13-12-22(30)23(31)15-20-8-10-21(35)11-9-20/h3-12,18,23-25,35H,13-17,31H2,1-2H3,(H,32,36)(H,33,37)(H,34,38)(H,39,40)/b22-12-/t23-,24-,25-/m0/s1. The molecule has 0 saturated carbocycles. The van der Waals surface area contributed by atoms with Crippen molar-refractivity contribution < 1.29 is 33.8 Å². The van der Waals surface area contributed by atoms with Crippen LogP contribution in [0.25, 0.3) is 0 Å². The number of phenolic OH excluding ortho intramolecular Hbond substituents is 1. The molecule has 0 aromatic heterocycles. The number of hydrogen-bond acceptors (Lipinski definition) is 6. The molecule has 3 amide bonds. The van der Waals surface area contributed by atoms with Gasteiger partial charge in [0.2, 0.25) is 17.7 Å². The number of aromatic hydroxyl groups is 1. The average molecular weight is 557 g/mol. The molecule has 216 valence electrons. The van der Waals surface area contributed by atoms with Crippen molar-refractivity contribution >= 4 is 23.7 Å². The van der Waals surface area contributed by atoms with Crippen molar-refractivity contribution in [1.29, 1.82) is 0 Å². The molecule has 0 spiro atoms. The molecule has 3 atom stereocenters. The van der Waals surface area contributed by atoms with Gasteiger partial charge in [0.05, 0.1) is 12.6 Å². The quantitative estimate of drug-likeness (QED) is 0.195. The van der Waals surface area contributed by atoms with E-state index in [1.54, 1.807) is 42.5 Å². The zero-order chi connectivity index (χ0) is 29.7. The van der Waals surface area contributed by atoms with Crippen molar-refractivity contribution in [3.05, 3.63) is 77.6 Å². The van der Waals surface area contributed by atoms with Crippen LogP contribution in [0.2, 0.25) is 0 Å². The second kappa shape index (κ2) is 16.0. The van der Waals surface area contributed by atoms with Gasteiger partial charge < -0.3 is 31.9 Å². The lowest BCUT2D eigenvalue weighted by atomic mass is 10.0. The third-order valence-electron chi connectivity index (χ3n) is 5.93. The van der Waals surface area contributed by atoms with Crippen molar-refractivity contribution in [3.8, 4) is 5.75 Å². The van der Waals surface area contributed by atoms with E-state index < -0.39 is 54.2 Å². The predicted octanol–water partition coefficient (Wildman–Crippen LogP) is 1.96. The first-order valence-corrected chi connectivity index (χ1v) is 13.0. The summed E-state index contributed by atoms with van der Waals surface area (Å²) in [5.41, 5.74) is 7.30. The number of carbonyl (C=O) groups is 4. The van der Waals surface area contributed by atoms with Gasteiger partial charge >= 0.3 is 5.97 Å². The van der Waals surface area contributed by atoms with E-state index in [0.29, 0.717) is 5.56 Å². The van der Waals surface area contributed by atoms with E-state index in [-0.39, 0.29) is 37.4 Å². The van der Waals surface area contributed by atoms with Crippen molar-refractivity contribution in [3.63, 3.8) is 0 Å². The molecule has 0 radical (unpaired) electrons. The summed E-state index contributed by atoms with van der Waals surface area (Å²) < 4.78 is 14.4. The number of amides is 3. The molecule has 2 rings (SSSR count). The van der Waals surface area contributed by atoms with Gasteiger partial charge in [-0.1, -0.05) is 56.3 Å². The second-order valence-corrected chi connectivity index (χ2v) is 9.89. The van der Waals surface area contributed by atoms with Gasteiger partial charge in [0.15, 0.2) is 0 Å². The fourth-order valence-electron chi connectivity index (χ4n) is 3.85. The third-order valence-corrected chi connectivity index (χ3v) is 5.93. The maximum absolute atomic E-state index is 14.4. The highest BCUT2D eigenvalue weighted by Gasteiger charge is 2.27. The Morgan fingerprint density at radius 2 is 1.52 bits per heavy atom. The zero-order valence-corrected chi connectivity index (χ0v) is 22.6. The minimum absolute atomic E-state index is 0.0139. The molecule has 0 heterocycles. The molecule has 2 aromatic carbocycles. The van der Waals surface area contributed by atoms with E-state index in [9.17, 15) is 33.8 Å². The zero-order valence-electron chi connectivity index (χ0n) is 22.6. The van der Waals surface area contributed by atoms with Crippen LogP contribution in [0, 0.1) is 5.92 Å². The van der Waals surface area contributed by atoms with E-state index >= 15 is 0 Å². The summed E-state index contributed by atoms with van der Waals surface area (Å²) >= 11 is 0. The highest BCUT2D eigenvalue weighted by atomic mass is 19.1. The Morgan fingerprint density at radius 1 is 0.900 bits per heavy atom. The Bertz CT molecular complexity index is 1170. The molecular formula is C29H37FN4O6. The number of aliphatic carboxylic acids is 1. The number of benzene rings is 2. The lowest BCUT2D eigenvalue weighted by molar-refractivity contribution is -0.142. The molecule has 40 heavy (non-hydrogen) atoms. The monoisotopic (exact) mass is 556 g/mol. The summed E-state index contributed by atoms with van der Waals surface area (Å²) in [7, 11) is 0. The highest BCUT2D eigenvalue weighted by Crippen LogP contribution is 2.14. The first-order valence-electron chi connectivity index (χ1n) is 13.0. The van der Waals surface area contributed by atoms with Crippen LogP contribution in [-0.2, 0) is 32.0 Å². The fourth-order valence-corrected chi connectivity index (χ4v) is 3.85.